The first-order chi connectivity index (χ1) is 10.1. The summed E-state index contributed by atoms with van der Waals surface area (Å²) in [6.07, 6.45) is 5.07. The maximum absolute atomic E-state index is 12.3. The molecule has 3 rings (SSSR count). The minimum absolute atomic E-state index is 0.163. The van der Waals surface area contributed by atoms with E-state index in [0.29, 0.717) is 24.3 Å². The summed E-state index contributed by atoms with van der Waals surface area (Å²) in [5, 5.41) is 11.7. The van der Waals surface area contributed by atoms with Crippen LogP contribution in [0.3, 0.4) is 0 Å². The third kappa shape index (κ3) is 2.53. The highest BCUT2D eigenvalue weighted by molar-refractivity contribution is 6.03. The number of urea groups is 1. The fraction of sp³-hybridized carbons (Fsp3) is 0.143. The summed E-state index contributed by atoms with van der Waals surface area (Å²) in [5.74, 6) is -1.01. The highest BCUT2D eigenvalue weighted by atomic mass is 16.4. The zero-order chi connectivity index (χ0) is 14.8. The molecule has 0 atom stereocenters. The molecule has 2 N–H and O–H groups in total. The van der Waals surface area contributed by atoms with Crippen molar-refractivity contribution in [2.24, 2.45) is 0 Å². The number of nitrogens with one attached hydrogen (secondary N) is 1. The highest BCUT2D eigenvalue weighted by Gasteiger charge is 2.25. The largest absolute Gasteiger partial charge is 0.478 e. The molecule has 0 unspecified atom stereocenters. The van der Waals surface area contributed by atoms with E-state index in [0.717, 1.165) is 5.56 Å². The molecule has 2 amide bonds. The van der Waals surface area contributed by atoms with Crippen molar-refractivity contribution in [3.63, 3.8) is 0 Å². The van der Waals surface area contributed by atoms with Crippen LogP contribution in [0.5, 0.6) is 0 Å². The van der Waals surface area contributed by atoms with E-state index in [1.807, 2.05) is 0 Å². The van der Waals surface area contributed by atoms with Crippen LogP contribution in [-0.4, -0.2) is 33.6 Å². The smallest absolute Gasteiger partial charge is 0.335 e. The molecule has 1 aliphatic rings. The van der Waals surface area contributed by atoms with Crippen LogP contribution in [0.15, 0.2) is 36.9 Å². The van der Waals surface area contributed by atoms with E-state index < -0.39 is 5.97 Å². The maximum atomic E-state index is 12.3. The van der Waals surface area contributed by atoms with Gasteiger partial charge in [0, 0.05) is 12.2 Å². The van der Waals surface area contributed by atoms with Gasteiger partial charge in [-0.3, -0.25) is 4.90 Å². The van der Waals surface area contributed by atoms with Gasteiger partial charge in [-0.15, -0.1) is 0 Å². The molecule has 1 aromatic carbocycles. The summed E-state index contributed by atoms with van der Waals surface area (Å²) in [6, 6.07) is 4.49. The first kappa shape index (κ1) is 13.0. The van der Waals surface area contributed by atoms with Gasteiger partial charge in [-0.25, -0.2) is 19.6 Å². The Morgan fingerprint density at radius 3 is 2.71 bits per heavy atom. The van der Waals surface area contributed by atoms with Crippen LogP contribution >= 0.6 is 0 Å². The Bertz CT molecular complexity index is 703. The van der Waals surface area contributed by atoms with Gasteiger partial charge in [0.1, 0.15) is 6.33 Å². The molecule has 106 valence electrons. The summed E-state index contributed by atoms with van der Waals surface area (Å²) in [5.41, 5.74) is 2.24. The average molecular weight is 284 g/mol. The molecular weight excluding hydrogens is 272 g/mol. The average Bonchev–Trinajstić information content (AvgIpc) is 2.91. The SMILES string of the molecule is O=C(O)c1ccc2c(c1)N(C(=O)Nc1cncnc1)CC2. The summed E-state index contributed by atoms with van der Waals surface area (Å²) < 4.78 is 0. The minimum Gasteiger partial charge on any atom is -0.478 e. The summed E-state index contributed by atoms with van der Waals surface area (Å²) in [6.45, 7) is 0.512. The molecule has 2 aromatic rings. The molecule has 7 heteroatoms. The number of aromatic nitrogens is 2. The van der Waals surface area contributed by atoms with E-state index in [4.69, 9.17) is 5.11 Å². The fourth-order valence-electron chi connectivity index (χ4n) is 2.28. The predicted molar refractivity (Wildman–Crippen MR) is 75.5 cm³/mol. The number of amides is 2. The van der Waals surface area contributed by atoms with E-state index in [9.17, 15) is 9.59 Å². The van der Waals surface area contributed by atoms with Crippen LogP contribution in [0, 0.1) is 0 Å². The second-order valence-corrected chi connectivity index (χ2v) is 4.61. The Morgan fingerprint density at radius 2 is 2.00 bits per heavy atom. The zero-order valence-corrected chi connectivity index (χ0v) is 11.0. The van der Waals surface area contributed by atoms with Crippen LogP contribution in [0.2, 0.25) is 0 Å². The second kappa shape index (κ2) is 5.20. The molecule has 2 heterocycles. The lowest BCUT2D eigenvalue weighted by atomic mass is 10.1. The third-order valence-electron chi connectivity index (χ3n) is 3.28. The number of carboxylic acids is 1. The number of anilines is 2. The lowest BCUT2D eigenvalue weighted by molar-refractivity contribution is 0.0697. The van der Waals surface area contributed by atoms with Gasteiger partial charge < -0.3 is 10.4 Å². The van der Waals surface area contributed by atoms with Gasteiger partial charge in [0.05, 0.1) is 23.6 Å². The quantitative estimate of drug-likeness (QED) is 0.876. The van der Waals surface area contributed by atoms with Gasteiger partial charge in [-0.05, 0) is 24.1 Å². The number of rotatable bonds is 2. The second-order valence-electron chi connectivity index (χ2n) is 4.61. The Morgan fingerprint density at radius 1 is 1.24 bits per heavy atom. The van der Waals surface area contributed by atoms with Crippen LogP contribution < -0.4 is 10.2 Å². The molecular formula is C14H12N4O3. The maximum Gasteiger partial charge on any atom is 0.335 e. The molecule has 0 saturated heterocycles. The zero-order valence-electron chi connectivity index (χ0n) is 11.0. The lowest BCUT2D eigenvalue weighted by Gasteiger charge is -2.18. The summed E-state index contributed by atoms with van der Waals surface area (Å²) in [7, 11) is 0. The predicted octanol–water partition coefficient (Wildman–Crippen LogP) is 1.77. The van der Waals surface area contributed by atoms with Crippen molar-refractivity contribution >= 4 is 23.4 Å². The monoisotopic (exact) mass is 284 g/mol. The van der Waals surface area contributed by atoms with Crippen molar-refractivity contribution in [3.05, 3.63) is 48.0 Å². The van der Waals surface area contributed by atoms with Crippen molar-refractivity contribution in [3.8, 4) is 0 Å². The van der Waals surface area contributed by atoms with Crippen molar-refractivity contribution < 1.29 is 14.7 Å². The number of nitrogens with zero attached hydrogens (tertiary/aromatic N) is 3. The topological polar surface area (TPSA) is 95.4 Å². The number of carboxylic acid groups (broad SMARTS) is 1. The molecule has 0 saturated carbocycles. The first-order valence-electron chi connectivity index (χ1n) is 6.35. The number of carbonyl (C=O) groups excluding carboxylic acids is 1. The van der Waals surface area contributed by atoms with Gasteiger partial charge >= 0.3 is 12.0 Å². The molecule has 0 aliphatic carbocycles. The van der Waals surface area contributed by atoms with Crippen LogP contribution in [0.25, 0.3) is 0 Å². The molecule has 1 aromatic heterocycles. The molecule has 0 spiro atoms. The van der Waals surface area contributed by atoms with E-state index in [-0.39, 0.29) is 11.6 Å². The highest BCUT2D eigenvalue weighted by Crippen LogP contribution is 2.29. The Kier molecular flexibility index (Phi) is 3.23. The molecule has 0 radical (unpaired) electrons. The van der Waals surface area contributed by atoms with Crippen LogP contribution in [-0.2, 0) is 6.42 Å². The van der Waals surface area contributed by atoms with Gasteiger partial charge in [0.2, 0.25) is 0 Å². The Labute approximate surface area is 120 Å². The van der Waals surface area contributed by atoms with Crippen molar-refractivity contribution in [2.45, 2.75) is 6.42 Å². The summed E-state index contributed by atoms with van der Waals surface area (Å²) >= 11 is 0. The summed E-state index contributed by atoms with van der Waals surface area (Å²) in [4.78, 5) is 32.5. The standard InChI is InChI=1S/C14H12N4O3/c19-13(20)10-2-1-9-3-4-18(12(9)5-10)14(21)17-11-6-15-8-16-7-11/h1-2,5-8H,3-4H2,(H,17,21)(H,19,20). The van der Waals surface area contributed by atoms with Crippen molar-refractivity contribution in [1.29, 1.82) is 0 Å². The van der Waals surface area contributed by atoms with E-state index in [2.05, 4.69) is 15.3 Å². The van der Waals surface area contributed by atoms with Crippen LogP contribution in [0.4, 0.5) is 16.2 Å². The fourth-order valence-corrected chi connectivity index (χ4v) is 2.28. The molecule has 7 nitrogen and oxygen atoms in total. The van der Waals surface area contributed by atoms with Crippen molar-refractivity contribution in [1.82, 2.24) is 9.97 Å². The number of carbonyl (C=O) groups is 2. The third-order valence-corrected chi connectivity index (χ3v) is 3.28. The minimum atomic E-state index is -1.01. The van der Waals surface area contributed by atoms with Gasteiger partial charge in [-0.2, -0.15) is 0 Å². The van der Waals surface area contributed by atoms with Gasteiger partial charge in [0.15, 0.2) is 0 Å². The van der Waals surface area contributed by atoms with E-state index >= 15 is 0 Å². The van der Waals surface area contributed by atoms with Crippen LogP contribution in [0.1, 0.15) is 15.9 Å². The Hall–Kier alpha value is -2.96. The molecule has 0 bridgehead atoms. The van der Waals surface area contributed by atoms with E-state index in [1.165, 1.54) is 29.7 Å². The molecule has 21 heavy (non-hydrogen) atoms. The van der Waals surface area contributed by atoms with Crippen molar-refractivity contribution in [2.75, 3.05) is 16.8 Å². The van der Waals surface area contributed by atoms with Gasteiger partial charge in [-0.1, -0.05) is 6.07 Å². The lowest BCUT2D eigenvalue weighted by Crippen LogP contribution is -2.33. The Balaban J connectivity index is 1.84. The molecule has 0 fully saturated rings. The number of aromatic carboxylic acids is 1. The van der Waals surface area contributed by atoms with Gasteiger partial charge in [0.25, 0.3) is 0 Å². The normalized spacial score (nSPS) is 12.9. The first-order valence-corrected chi connectivity index (χ1v) is 6.35. The number of hydrogen-bond donors (Lipinski definition) is 2. The number of fused-ring (bicyclic) bond motifs is 1. The van der Waals surface area contributed by atoms with E-state index in [1.54, 1.807) is 12.1 Å². The number of benzene rings is 1. The number of hydrogen-bond acceptors (Lipinski definition) is 4. The molecule has 1 aliphatic heterocycles.